The molecular weight excluding hydrogens is 679 g/mol. The summed E-state index contributed by atoms with van der Waals surface area (Å²) in [7, 11) is 0. The van der Waals surface area contributed by atoms with Gasteiger partial charge in [-0.3, -0.25) is 0 Å². The van der Waals surface area contributed by atoms with Crippen LogP contribution in [0.25, 0.3) is 10.8 Å². The Morgan fingerprint density at radius 2 is 1.55 bits per heavy atom. The van der Waals surface area contributed by atoms with Crippen molar-refractivity contribution in [1.29, 1.82) is 0 Å². The lowest BCUT2D eigenvalue weighted by molar-refractivity contribution is 0.247. The number of rotatable bonds is 4. The molecule has 0 bridgehead atoms. The van der Waals surface area contributed by atoms with Crippen molar-refractivity contribution in [1.82, 2.24) is 0 Å². The molecule has 3 aliphatic heterocycles. The summed E-state index contributed by atoms with van der Waals surface area (Å²) >= 11 is 0. The topological polar surface area (TPSA) is 24.5 Å². The van der Waals surface area contributed by atoms with Crippen LogP contribution in [0.1, 0.15) is 50.3 Å². The quantitative estimate of drug-likeness (QED) is 0.183. The highest BCUT2D eigenvalue weighted by molar-refractivity contribution is 7.00. The lowest BCUT2D eigenvalue weighted by Crippen LogP contribution is -2.61. The molecule has 6 aromatic rings. The van der Waals surface area contributed by atoms with Crippen LogP contribution in [0.2, 0.25) is 0 Å². The summed E-state index contributed by atoms with van der Waals surface area (Å²) in [5.41, 5.74) is 16.9. The van der Waals surface area contributed by atoms with Crippen LogP contribution in [0, 0.1) is 12.3 Å². The highest BCUT2D eigenvalue weighted by Gasteiger charge is 2.41. The van der Waals surface area contributed by atoms with Gasteiger partial charge in [-0.15, -0.1) is 0 Å². The highest BCUT2D eigenvalue weighted by Crippen LogP contribution is 2.48. The molecule has 274 valence electrons. The number of aryl methyl sites for hydroxylation is 1. The van der Waals surface area contributed by atoms with E-state index in [0.29, 0.717) is 0 Å². The fourth-order valence-electron chi connectivity index (χ4n) is 9.31. The molecule has 4 heteroatoms. The predicted octanol–water partition coefficient (Wildman–Crippen LogP) is 11.8. The third-order valence-electron chi connectivity index (χ3n) is 11.9. The van der Waals surface area contributed by atoms with Crippen molar-refractivity contribution in [3.8, 4) is 0 Å². The van der Waals surface area contributed by atoms with Gasteiger partial charge in [-0.2, -0.15) is 0 Å². The lowest BCUT2D eigenvalue weighted by Gasteiger charge is -2.41. The zero-order valence-corrected chi connectivity index (χ0v) is 32.8. The largest absolute Gasteiger partial charge is 0.461 e. The molecule has 0 unspecified atom stereocenters. The van der Waals surface area contributed by atoms with Crippen molar-refractivity contribution >= 4 is 62.3 Å². The van der Waals surface area contributed by atoms with E-state index in [1.54, 1.807) is 6.08 Å². The minimum Gasteiger partial charge on any atom is -0.461 e. The highest BCUT2D eigenvalue weighted by atomic mass is 16.5. The van der Waals surface area contributed by atoms with Gasteiger partial charge in [-0.1, -0.05) is 135 Å². The van der Waals surface area contributed by atoms with Gasteiger partial charge in [0.1, 0.15) is 11.5 Å². The molecule has 10 rings (SSSR count). The number of anilines is 5. The summed E-state index contributed by atoms with van der Waals surface area (Å²) in [5, 5.41) is 6.25. The summed E-state index contributed by atoms with van der Waals surface area (Å²) in [6.07, 6.45) is 13.3. The fraction of sp³-hybridized carbons (Fsp3) is 0.154. The zero-order valence-electron chi connectivity index (χ0n) is 32.8. The van der Waals surface area contributed by atoms with Gasteiger partial charge in [-0.05, 0) is 114 Å². The number of hydrogen-bond donors (Lipinski definition) is 1. The van der Waals surface area contributed by atoms with Crippen LogP contribution in [0.3, 0.4) is 0 Å². The molecule has 0 spiro atoms. The van der Waals surface area contributed by atoms with E-state index < -0.39 is 0 Å². The molecule has 0 fully saturated rings. The fourth-order valence-corrected chi connectivity index (χ4v) is 9.31. The molecule has 0 saturated carbocycles. The van der Waals surface area contributed by atoms with Crippen LogP contribution in [0.15, 0.2) is 187 Å². The van der Waals surface area contributed by atoms with E-state index in [0.717, 1.165) is 42.2 Å². The second-order valence-electron chi connectivity index (χ2n) is 15.7. The van der Waals surface area contributed by atoms with Crippen molar-refractivity contribution in [3.63, 3.8) is 0 Å². The van der Waals surface area contributed by atoms with Gasteiger partial charge >= 0.3 is 0 Å². The van der Waals surface area contributed by atoms with Gasteiger partial charge < -0.3 is 15.0 Å². The van der Waals surface area contributed by atoms with Crippen molar-refractivity contribution in [2.75, 3.05) is 10.2 Å². The number of benzene rings is 6. The summed E-state index contributed by atoms with van der Waals surface area (Å²) in [6, 6.07) is 46.7. The Morgan fingerprint density at radius 3 is 2.36 bits per heavy atom. The molecule has 3 nitrogen and oxygen atoms in total. The molecule has 0 atom stereocenters. The van der Waals surface area contributed by atoms with E-state index in [1.165, 1.54) is 72.1 Å². The number of fused-ring (bicyclic) bond motifs is 6. The first kappa shape index (κ1) is 35.4. The molecule has 3 heterocycles. The molecule has 0 aromatic heterocycles. The first-order chi connectivity index (χ1) is 27.4. The third-order valence-corrected chi connectivity index (χ3v) is 11.9. The van der Waals surface area contributed by atoms with E-state index in [9.17, 15) is 0 Å². The summed E-state index contributed by atoms with van der Waals surface area (Å²) in [5.74, 6) is 2.07. The van der Waals surface area contributed by atoms with Gasteiger partial charge in [-0.25, -0.2) is 0 Å². The Morgan fingerprint density at radius 1 is 0.786 bits per heavy atom. The van der Waals surface area contributed by atoms with Gasteiger partial charge in [0, 0.05) is 51.4 Å². The Labute approximate surface area is 332 Å². The van der Waals surface area contributed by atoms with Crippen LogP contribution >= 0.6 is 0 Å². The van der Waals surface area contributed by atoms with E-state index in [2.05, 4.69) is 190 Å². The third kappa shape index (κ3) is 6.10. The molecule has 0 amide bonds. The Kier molecular flexibility index (Phi) is 9.14. The van der Waals surface area contributed by atoms with E-state index >= 15 is 0 Å². The molecule has 0 saturated heterocycles. The molecule has 0 radical (unpaired) electrons. The SMILES string of the molecule is C=C/C=C1/OC2=C(C=CCC2)C(C)(C)/C1=C/C.Cc1ccc(Nc2ccc3c(c2)Cc2cccc4c2B3c2c(ccc3ccccc23)N4c2ccccc2)cc1. The van der Waals surface area contributed by atoms with Crippen LogP contribution in [0.5, 0.6) is 0 Å². The number of ether oxygens (including phenoxy) is 1. The normalized spacial score (nSPS) is 17.3. The summed E-state index contributed by atoms with van der Waals surface area (Å²) in [6.45, 7) is 12.7. The minimum absolute atomic E-state index is 0.0219. The van der Waals surface area contributed by atoms with E-state index in [-0.39, 0.29) is 12.1 Å². The predicted molar refractivity (Wildman–Crippen MR) is 239 cm³/mol. The van der Waals surface area contributed by atoms with Crippen LogP contribution in [0.4, 0.5) is 28.4 Å². The lowest BCUT2D eigenvalue weighted by atomic mass is 9.31. The Bertz CT molecular complexity index is 2630. The van der Waals surface area contributed by atoms with Gasteiger partial charge in [0.2, 0.25) is 6.71 Å². The zero-order chi connectivity index (χ0) is 38.4. The van der Waals surface area contributed by atoms with Crippen molar-refractivity contribution in [3.05, 3.63) is 204 Å². The second kappa shape index (κ2) is 14.4. The average molecular weight is 727 g/mol. The van der Waals surface area contributed by atoms with Gasteiger partial charge in [0.05, 0.1) is 0 Å². The van der Waals surface area contributed by atoms with E-state index in [4.69, 9.17) is 4.74 Å². The smallest absolute Gasteiger partial charge is 0.248 e. The number of allylic oxidation sites excluding steroid dienone is 8. The molecule has 6 aromatic carbocycles. The maximum atomic E-state index is 6.02. The molecular formula is C52H47BN2O. The monoisotopic (exact) mass is 726 g/mol. The first-order valence-electron chi connectivity index (χ1n) is 19.9. The first-order valence-corrected chi connectivity index (χ1v) is 19.9. The van der Waals surface area contributed by atoms with Crippen LogP contribution in [-0.4, -0.2) is 6.71 Å². The average Bonchev–Trinajstić information content (AvgIpc) is 3.22. The maximum Gasteiger partial charge on any atom is 0.248 e. The number of para-hydroxylation sites is 1. The molecule has 1 aliphatic carbocycles. The summed E-state index contributed by atoms with van der Waals surface area (Å²) in [4.78, 5) is 2.47. The van der Waals surface area contributed by atoms with Crippen LogP contribution in [-0.2, 0) is 11.2 Å². The Hall–Kier alpha value is -6.26. The van der Waals surface area contributed by atoms with Crippen molar-refractivity contribution in [2.45, 2.75) is 47.0 Å². The number of hydrogen-bond acceptors (Lipinski definition) is 3. The van der Waals surface area contributed by atoms with E-state index in [1.807, 2.05) is 6.08 Å². The van der Waals surface area contributed by atoms with Gasteiger partial charge in [0.25, 0.3) is 0 Å². The Balaban J connectivity index is 0.000000203. The van der Waals surface area contributed by atoms with Crippen LogP contribution < -0.4 is 26.6 Å². The molecule has 1 N–H and O–H groups in total. The maximum absolute atomic E-state index is 6.02. The standard InChI is InChI=1S/C36H27BN2.C16H20O/c1-24-14-17-28(18-15-24)38-29-19-20-32-27(23-29)22-26-9-7-13-33-35(26)37(32)36-31-12-6-5-8-25(31)16-21-34(36)39(33)30-10-3-2-4-11-30;1-5-9-14-12(6-2)16(3,4)13-10-7-8-11-15(13)17-14/h2-21,23,38H,22H2,1H3;5-7,9-10H,1,8,11H2,2-4H3/b;12-6+,14-9+. The molecule has 56 heavy (non-hydrogen) atoms. The summed E-state index contributed by atoms with van der Waals surface area (Å²) < 4.78 is 6.02. The second-order valence-corrected chi connectivity index (χ2v) is 15.7. The number of nitrogens with zero attached hydrogens (tertiary/aromatic N) is 1. The molecule has 4 aliphatic rings. The van der Waals surface area contributed by atoms with Crippen molar-refractivity contribution < 1.29 is 4.74 Å². The number of nitrogens with one attached hydrogen (secondary N) is 1. The minimum atomic E-state index is 0.0219. The van der Waals surface area contributed by atoms with Gasteiger partial charge in [0.15, 0.2) is 0 Å². The van der Waals surface area contributed by atoms with Crippen molar-refractivity contribution in [2.24, 2.45) is 5.41 Å².